The van der Waals surface area contributed by atoms with Crippen molar-refractivity contribution in [1.82, 2.24) is 0 Å². The molecule has 2 heteroatoms. The molecule has 1 aromatic carbocycles. The van der Waals surface area contributed by atoms with E-state index in [-0.39, 0.29) is 0 Å². The lowest BCUT2D eigenvalue weighted by Gasteiger charge is -2.11. The first-order valence-electron chi connectivity index (χ1n) is 4.64. The van der Waals surface area contributed by atoms with E-state index in [0.29, 0.717) is 0 Å². The average molecular weight is 178 g/mol. The summed E-state index contributed by atoms with van der Waals surface area (Å²) in [6.45, 7) is 3.60. The Morgan fingerprint density at radius 1 is 1.38 bits per heavy atom. The van der Waals surface area contributed by atoms with E-state index in [2.05, 4.69) is 17.4 Å². The van der Waals surface area contributed by atoms with Crippen LogP contribution in [0.5, 0.6) is 5.75 Å². The van der Waals surface area contributed by atoms with Crippen LogP contribution in [0.25, 0.3) is 5.32 Å². The van der Waals surface area contributed by atoms with Crippen molar-refractivity contribution in [2.24, 2.45) is 0 Å². The minimum absolute atomic E-state index is 0.724. The standard InChI is InChI=1S/C11H16NO/c1-3-13-11-6-4-5-10(9-11)7-8-12-2/h4-6,9H,3,7-8H2,1-2H3/q-1. The SMILES string of the molecule is CCOc1cccc(CC[N-]C)c1. The molecule has 1 rings (SSSR count). The fraction of sp³-hybridized carbons (Fsp3) is 0.455. The quantitative estimate of drug-likeness (QED) is 0.679. The third-order valence-corrected chi connectivity index (χ3v) is 1.83. The Bertz CT molecular complexity index is 248. The number of nitrogens with zero attached hydrogens (tertiary/aromatic N) is 1. The van der Waals surface area contributed by atoms with Crippen molar-refractivity contribution in [2.75, 3.05) is 20.2 Å². The second-order valence-electron chi connectivity index (χ2n) is 2.87. The third kappa shape index (κ3) is 3.47. The summed E-state index contributed by atoms with van der Waals surface area (Å²) in [6.07, 6.45) is 0.997. The zero-order valence-electron chi connectivity index (χ0n) is 8.29. The fourth-order valence-corrected chi connectivity index (χ4v) is 1.20. The summed E-state index contributed by atoms with van der Waals surface area (Å²) in [5, 5.41) is 4.07. The Morgan fingerprint density at radius 2 is 2.23 bits per heavy atom. The van der Waals surface area contributed by atoms with Gasteiger partial charge in [-0.3, -0.25) is 0 Å². The number of ether oxygens (including phenoxy) is 1. The topological polar surface area (TPSA) is 23.3 Å². The monoisotopic (exact) mass is 178 g/mol. The number of rotatable bonds is 5. The molecule has 0 saturated heterocycles. The Morgan fingerprint density at radius 3 is 2.92 bits per heavy atom. The largest absolute Gasteiger partial charge is 0.665 e. The van der Waals surface area contributed by atoms with Crippen LogP contribution < -0.4 is 4.74 Å². The molecular formula is C11H16NO-. The number of benzene rings is 1. The molecule has 0 atom stereocenters. The second kappa shape index (κ2) is 5.60. The molecule has 0 heterocycles. The van der Waals surface area contributed by atoms with Gasteiger partial charge in [-0.1, -0.05) is 12.1 Å². The number of likely N-dealkylation sites (N-methyl/N-ethyl adjacent to an activating group) is 1. The average Bonchev–Trinajstić information content (AvgIpc) is 2.16. The molecule has 0 radical (unpaired) electrons. The lowest BCUT2D eigenvalue weighted by atomic mass is 10.1. The van der Waals surface area contributed by atoms with Crippen molar-refractivity contribution in [3.8, 4) is 5.75 Å². The van der Waals surface area contributed by atoms with Gasteiger partial charge in [-0.2, -0.15) is 7.05 Å². The first-order chi connectivity index (χ1) is 6.36. The van der Waals surface area contributed by atoms with Gasteiger partial charge in [-0.25, -0.2) is 0 Å². The molecule has 0 aliphatic heterocycles. The van der Waals surface area contributed by atoms with Gasteiger partial charge in [0.2, 0.25) is 0 Å². The zero-order chi connectivity index (χ0) is 9.52. The molecule has 0 aromatic heterocycles. The van der Waals surface area contributed by atoms with Gasteiger partial charge in [0.1, 0.15) is 5.75 Å². The van der Waals surface area contributed by atoms with Crippen molar-refractivity contribution in [3.05, 3.63) is 35.1 Å². The van der Waals surface area contributed by atoms with Crippen molar-refractivity contribution in [2.45, 2.75) is 13.3 Å². The van der Waals surface area contributed by atoms with Crippen molar-refractivity contribution < 1.29 is 4.74 Å². The van der Waals surface area contributed by atoms with E-state index >= 15 is 0 Å². The van der Waals surface area contributed by atoms with Crippen LogP contribution in [-0.2, 0) is 6.42 Å². The zero-order valence-corrected chi connectivity index (χ0v) is 8.29. The highest BCUT2D eigenvalue weighted by Crippen LogP contribution is 2.13. The van der Waals surface area contributed by atoms with Crippen molar-refractivity contribution >= 4 is 0 Å². The molecule has 0 unspecified atom stereocenters. The molecule has 0 fully saturated rings. The van der Waals surface area contributed by atoms with Crippen LogP contribution in [0.15, 0.2) is 24.3 Å². The normalized spacial score (nSPS) is 10.0. The molecule has 0 amide bonds. The van der Waals surface area contributed by atoms with Crippen LogP contribution in [0.2, 0.25) is 0 Å². The van der Waals surface area contributed by atoms with Gasteiger partial charge in [-0.15, -0.1) is 6.54 Å². The molecule has 13 heavy (non-hydrogen) atoms. The lowest BCUT2D eigenvalue weighted by Crippen LogP contribution is -1.94. The Kier molecular flexibility index (Phi) is 4.33. The first kappa shape index (κ1) is 10.1. The molecule has 0 N–H and O–H groups in total. The summed E-state index contributed by atoms with van der Waals surface area (Å²) in [5.41, 5.74) is 1.29. The Labute approximate surface area is 79.9 Å². The minimum atomic E-state index is 0.724. The molecule has 0 bridgehead atoms. The summed E-state index contributed by atoms with van der Waals surface area (Å²) in [4.78, 5) is 0. The summed E-state index contributed by atoms with van der Waals surface area (Å²) in [5.74, 6) is 0.955. The molecule has 1 aromatic rings. The van der Waals surface area contributed by atoms with Gasteiger partial charge in [0.25, 0.3) is 0 Å². The summed E-state index contributed by atoms with van der Waals surface area (Å²) in [6, 6.07) is 8.19. The van der Waals surface area contributed by atoms with E-state index in [9.17, 15) is 0 Å². The molecule has 0 aliphatic rings. The molecule has 0 saturated carbocycles. The number of hydrogen-bond donors (Lipinski definition) is 0. The third-order valence-electron chi connectivity index (χ3n) is 1.83. The van der Waals surface area contributed by atoms with Gasteiger partial charge < -0.3 is 10.1 Å². The van der Waals surface area contributed by atoms with Gasteiger partial charge in [0, 0.05) is 0 Å². The van der Waals surface area contributed by atoms with Crippen LogP contribution in [0.1, 0.15) is 12.5 Å². The molecule has 0 aliphatic carbocycles. The highest BCUT2D eigenvalue weighted by molar-refractivity contribution is 5.28. The van der Waals surface area contributed by atoms with Crippen molar-refractivity contribution in [1.29, 1.82) is 0 Å². The van der Waals surface area contributed by atoms with E-state index in [1.807, 2.05) is 26.1 Å². The Hall–Kier alpha value is -1.02. The van der Waals surface area contributed by atoms with Crippen LogP contribution in [-0.4, -0.2) is 20.2 Å². The maximum absolute atomic E-state index is 5.40. The summed E-state index contributed by atoms with van der Waals surface area (Å²) < 4.78 is 5.40. The van der Waals surface area contributed by atoms with E-state index in [0.717, 1.165) is 25.3 Å². The van der Waals surface area contributed by atoms with E-state index in [1.165, 1.54) is 5.56 Å². The van der Waals surface area contributed by atoms with Crippen LogP contribution in [0.3, 0.4) is 0 Å². The van der Waals surface area contributed by atoms with Gasteiger partial charge >= 0.3 is 0 Å². The molecular weight excluding hydrogens is 162 g/mol. The van der Waals surface area contributed by atoms with Crippen molar-refractivity contribution in [3.63, 3.8) is 0 Å². The molecule has 0 spiro atoms. The van der Waals surface area contributed by atoms with E-state index in [4.69, 9.17) is 4.74 Å². The maximum Gasteiger partial charge on any atom is 0.119 e. The predicted octanol–water partition coefficient (Wildman–Crippen LogP) is 2.63. The first-order valence-corrected chi connectivity index (χ1v) is 4.64. The fourth-order valence-electron chi connectivity index (χ4n) is 1.20. The minimum Gasteiger partial charge on any atom is -0.665 e. The predicted molar refractivity (Wildman–Crippen MR) is 55.5 cm³/mol. The van der Waals surface area contributed by atoms with Crippen LogP contribution in [0, 0.1) is 0 Å². The molecule has 72 valence electrons. The maximum atomic E-state index is 5.40. The smallest absolute Gasteiger partial charge is 0.119 e. The van der Waals surface area contributed by atoms with Crippen LogP contribution in [0.4, 0.5) is 0 Å². The van der Waals surface area contributed by atoms with Gasteiger partial charge in [-0.05, 0) is 31.0 Å². The second-order valence-corrected chi connectivity index (χ2v) is 2.87. The Balaban J connectivity index is 2.56. The van der Waals surface area contributed by atoms with Gasteiger partial charge in [0.05, 0.1) is 6.61 Å². The summed E-state index contributed by atoms with van der Waals surface area (Å²) in [7, 11) is 1.84. The van der Waals surface area contributed by atoms with E-state index < -0.39 is 0 Å². The number of hydrogen-bond acceptors (Lipinski definition) is 1. The van der Waals surface area contributed by atoms with Gasteiger partial charge in [0.15, 0.2) is 0 Å². The highest BCUT2D eigenvalue weighted by Gasteiger charge is 1.93. The summed E-state index contributed by atoms with van der Waals surface area (Å²) >= 11 is 0. The highest BCUT2D eigenvalue weighted by atomic mass is 16.5. The lowest BCUT2D eigenvalue weighted by molar-refractivity contribution is 0.340. The van der Waals surface area contributed by atoms with Crippen LogP contribution >= 0.6 is 0 Å². The molecule has 2 nitrogen and oxygen atoms in total. The van der Waals surface area contributed by atoms with E-state index in [1.54, 1.807) is 0 Å².